The van der Waals surface area contributed by atoms with Crippen molar-refractivity contribution in [3.8, 4) is 0 Å². The molecule has 2 fully saturated rings. The molecular weight excluding hydrogens is 319 g/mol. The molecule has 0 aliphatic heterocycles. The first-order chi connectivity index (χ1) is 10.3. The number of hydrogen-bond donors (Lipinski definition) is 0. The molecule has 0 spiro atoms. The summed E-state index contributed by atoms with van der Waals surface area (Å²) in [7, 11) is -3.70. The van der Waals surface area contributed by atoms with Crippen LogP contribution in [0.3, 0.4) is 0 Å². The summed E-state index contributed by atoms with van der Waals surface area (Å²) in [6.07, 6.45) is 2.00. The van der Waals surface area contributed by atoms with Crippen molar-refractivity contribution in [3.63, 3.8) is 0 Å². The fourth-order valence-corrected chi connectivity index (χ4v) is 4.75. The van der Waals surface area contributed by atoms with Gasteiger partial charge in [-0.3, -0.25) is 0 Å². The first kappa shape index (κ1) is 19.0. The summed E-state index contributed by atoms with van der Waals surface area (Å²) in [4.78, 5) is 3.94. The van der Waals surface area contributed by atoms with Crippen LogP contribution in [0.5, 0.6) is 0 Å². The molecule has 0 aromatic heterocycles. The van der Waals surface area contributed by atoms with Crippen LogP contribution in [0, 0.1) is 30.1 Å². The fourth-order valence-electron chi connectivity index (χ4n) is 3.97. The molecule has 0 N–H and O–H groups in total. The topological polar surface area (TPSA) is 60.6 Å². The zero-order chi connectivity index (χ0) is 16.1. The summed E-state index contributed by atoms with van der Waals surface area (Å²) in [6.45, 7) is 8.54. The summed E-state index contributed by atoms with van der Waals surface area (Å²) in [5, 5.41) is 4.21. The van der Waals surface area contributed by atoms with E-state index in [1.54, 1.807) is 24.3 Å². The van der Waals surface area contributed by atoms with Gasteiger partial charge in [0.25, 0.3) is 0 Å². The van der Waals surface area contributed by atoms with Gasteiger partial charge in [-0.1, -0.05) is 38.5 Å². The summed E-state index contributed by atoms with van der Waals surface area (Å²) >= 11 is 0. The maximum atomic E-state index is 12.3. The number of hydrogen-bond acceptors (Lipinski definition) is 3. The zero-order valence-electron chi connectivity index (χ0n) is 14.6. The van der Waals surface area contributed by atoms with Crippen LogP contribution < -0.4 is 29.6 Å². The Bertz CT molecular complexity index is 713. The second kappa shape index (κ2) is 6.51. The molecule has 2 saturated carbocycles. The van der Waals surface area contributed by atoms with Gasteiger partial charge in [0.2, 0.25) is 0 Å². The molecule has 0 saturated heterocycles. The van der Waals surface area contributed by atoms with Gasteiger partial charge in [-0.2, -0.15) is 0 Å². The molecule has 3 atom stereocenters. The third-order valence-electron chi connectivity index (χ3n) is 5.42. The van der Waals surface area contributed by atoms with Crippen LogP contribution >= 0.6 is 0 Å². The molecule has 1 aromatic carbocycles. The van der Waals surface area contributed by atoms with Crippen molar-refractivity contribution in [2.45, 2.75) is 45.4 Å². The monoisotopic (exact) mass is 342 g/mol. The minimum Gasteiger partial charge on any atom is -0.491 e. The van der Waals surface area contributed by atoms with E-state index in [2.05, 4.69) is 30.7 Å². The quantitative estimate of drug-likeness (QED) is 0.608. The van der Waals surface area contributed by atoms with Crippen molar-refractivity contribution >= 4 is 15.7 Å². The summed E-state index contributed by atoms with van der Waals surface area (Å²) in [5.41, 5.74) is 2.11. The van der Waals surface area contributed by atoms with E-state index in [0.29, 0.717) is 17.8 Å². The van der Waals surface area contributed by atoms with E-state index in [0.717, 1.165) is 24.1 Å². The SMILES string of the molecule is Cc1ccc(S(=O)(=O)[N-]/N=C2\C[C@H](C)[C@@H]3C[C@]23C(C)C)cc1.[Na+]. The summed E-state index contributed by atoms with van der Waals surface area (Å²) in [6, 6.07) is 6.73. The van der Waals surface area contributed by atoms with Gasteiger partial charge in [-0.25, -0.2) is 8.42 Å². The largest absolute Gasteiger partial charge is 1.00 e. The van der Waals surface area contributed by atoms with E-state index < -0.39 is 10.0 Å². The minimum atomic E-state index is -3.70. The van der Waals surface area contributed by atoms with Crippen molar-refractivity contribution < 1.29 is 38.0 Å². The van der Waals surface area contributed by atoms with Gasteiger partial charge < -0.3 is 9.93 Å². The normalized spacial score (nSPS) is 30.9. The van der Waals surface area contributed by atoms with Gasteiger partial charge in [0, 0.05) is 11.1 Å². The first-order valence-electron chi connectivity index (χ1n) is 7.88. The van der Waals surface area contributed by atoms with Gasteiger partial charge in [-0.15, -0.1) is 0 Å². The van der Waals surface area contributed by atoms with E-state index in [9.17, 15) is 8.42 Å². The Labute approximate surface area is 161 Å². The van der Waals surface area contributed by atoms with Crippen LogP contribution in [0.4, 0.5) is 0 Å². The second-order valence-electron chi connectivity index (χ2n) is 7.10. The maximum Gasteiger partial charge on any atom is 1.00 e. The van der Waals surface area contributed by atoms with E-state index in [1.165, 1.54) is 0 Å². The predicted octanol–water partition coefficient (Wildman–Crippen LogP) is 1.12. The van der Waals surface area contributed by atoms with Crippen LogP contribution in [0.2, 0.25) is 0 Å². The van der Waals surface area contributed by atoms with Crippen LogP contribution in [0.25, 0.3) is 4.83 Å². The van der Waals surface area contributed by atoms with Crippen LogP contribution in [0.1, 0.15) is 39.2 Å². The molecule has 2 aliphatic rings. The molecule has 1 aromatic rings. The molecule has 0 heterocycles. The van der Waals surface area contributed by atoms with Gasteiger partial charge in [0.1, 0.15) is 10.0 Å². The first-order valence-corrected chi connectivity index (χ1v) is 9.32. The van der Waals surface area contributed by atoms with Gasteiger partial charge in [0.05, 0.1) is 4.90 Å². The van der Waals surface area contributed by atoms with Gasteiger partial charge >= 0.3 is 29.6 Å². The number of benzene rings is 1. The third-order valence-corrected chi connectivity index (χ3v) is 6.58. The minimum absolute atomic E-state index is 0. The Balaban J connectivity index is 0.00000192. The Morgan fingerprint density at radius 1 is 1.26 bits per heavy atom. The van der Waals surface area contributed by atoms with Gasteiger partial charge in [-0.05, 0) is 49.7 Å². The van der Waals surface area contributed by atoms with Crippen molar-refractivity contribution in [2.24, 2.45) is 28.3 Å². The van der Waals surface area contributed by atoms with E-state index >= 15 is 0 Å². The standard InChI is InChI=1S/C17H23N2O2S.Na/c1-11(2)17-10-15(17)13(4)9-16(17)18-19-22(20,21)14-7-5-12(3)6-8-14;/h5-8,11,13,15H,9-10H2,1-4H3;/q-1;+1/b18-16+;/t13-,15-,17+;/m0./s1. The van der Waals surface area contributed by atoms with Crippen molar-refractivity contribution in [1.29, 1.82) is 0 Å². The van der Waals surface area contributed by atoms with Crippen LogP contribution in [-0.2, 0) is 10.0 Å². The fraction of sp³-hybridized carbons (Fsp3) is 0.588. The molecule has 6 heteroatoms. The van der Waals surface area contributed by atoms with E-state index in [4.69, 9.17) is 0 Å². The Morgan fingerprint density at radius 3 is 2.39 bits per heavy atom. The molecule has 0 amide bonds. The van der Waals surface area contributed by atoms with E-state index in [1.807, 2.05) is 6.92 Å². The van der Waals surface area contributed by atoms with Crippen LogP contribution in [0.15, 0.2) is 34.3 Å². The Hall–Kier alpha value is -0.360. The molecule has 23 heavy (non-hydrogen) atoms. The summed E-state index contributed by atoms with van der Waals surface area (Å²) < 4.78 is 24.6. The molecular formula is C17H23N2NaO2S. The predicted molar refractivity (Wildman–Crippen MR) is 88.3 cm³/mol. The Morgan fingerprint density at radius 2 is 1.87 bits per heavy atom. The number of fused-ring (bicyclic) bond motifs is 1. The molecule has 2 aliphatic carbocycles. The van der Waals surface area contributed by atoms with Crippen LogP contribution in [-0.4, -0.2) is 14.1 Å². The molecule has 120 valence electrons. The van der Waals surface area contributed by atoms with E-state index in [-0.39, 0.29) is 39.9 Å². The molecule has 0 unspecified atom stereocenters. The van der Waals surface area contributed by atoms with Crippen molar-refractivity contribution in [1.82, 2.24) is 0 Å². The second-order valence-corrected chi connectivity index (χ2v) is 8.69. The van der Waals surface area contributed by atoms with Crippen molar-refractivity contribution in [3.05, 3.63) is 34.7 Å². The average molecular weight is 342 g/mol. The number of sulfonamides is 1. The molecule has 0 radical (unpaired) electrons. The van der Waals surface area contributed by atoms with Gasteiger partial charge in [0.15, 0.2) is 0 Å². The third kappa shape index (κ3) is 3.26. The Kier molecular flexibility index (Phi) is 5.37. The molecule has 3 rings (SSSR count). The summed E-state index contributed by atoms with van der Waals surface area (Å²) in [5.74, 6) is 1.72. The number of nitrogens with zero attached hydrogens (tertiary/aromatic N) is 2. The number of rotatable bonds is 4. The maximum absolute atomic E-state index is 12.3. The average Bonchev–Trinajstić information content (AvgIpc) is 3.15. The number of aryl methyl sites for hydroxylation is 1. The zero-order valence-corrected chi connectivity index (χ0v) is 17.4. The smallest absolute Gasteiger partial charge is 0.491 e. The van der Waals surface area contributed by atoms with Crippen molar-refractivity contribution in [2.75, 3.05) is 0 Å². The molecule has 0 bridgehead atoms. The molecule has 4 nitrogen and oxygen atoms in total.